The first kappa shape index (κ1) is 16.3. The van der Waals surface area contributed by atoms with Gasteiger partial charge in [-0.25, -0.2) is 0 Å². The zero-order chi connectivity index (χ0) is 9.23. The van der Waals surface area contributed by atoms with Crippen LogP contribution in [0.4, 0.5) is 0 Å². The Labute approximate surface area is 103 Å². The minimum absolute atomic E-state index is 0. The molecule has 0 aromatic rings. The maximum atomic E-state index is 10.7. The molecule has 0 rings (SSSR count). The molecular weight excluding hydrogens is 204 g/mol. The molecule has 4 N–H and O–H groups in total. The van der Waals surface area contributed by atoms with E-state index in [1.165, 1.54) is 0 Å². The van der Waals surface area contributed by atoms with E-state index in [2.05, 4.69) is 20.2 Å². The Morgan fingerprint density at radius 1 is 1.38 bits per heavy atom. The van der Waals surface area contributed by atoms with Crippen molar-refractivity contribution in [3.8, 4) is 0 Å². The standard InChI is InChI=1S/C5H15N3O3P.Na.H/c1-2-4-7-10-12(9)11-8-5-3-6;;/h7-8H,2-6H2,1H3;;/q2*+1;-1. The van der Waals surface area contributed by atoms with Crippen LogP contribution >= 0.6 is 8.25 Å². The van der Waals surface area contributed by atoms with Gasteiger partial charge in [0.1, 0.15) is 0 Å². The quantitative estimate of drug-likeness (QED) is 0.177. The second-order valence-electron chi connectivity index (χ2n) is 1.98. The average Bonchev–Trinajstić information content (AvgIpc) is 2.06. The molecule has 6 nitrogen and oxygen atoms in total. The van der Waals surface area contributed by atoms with E-state index >= 15 is 0 Å². The summed E-state index contributed by atoms with van der Waals surface area (Å²) in [5, 5.41) is 0. The Hall–Kier alpha value is 0.900. The molecule has 0 aromatic heterocycles. The van der Waals surface area contributed by atoms with E-state index in [0.29, 0.717) is 19.6 Å². The second-order valence-corrected chi connectivity index (χ2v) is 2.80. The third-order valence-corrected chi connectivity index (χ3v) is 1.43. The number of nitrogens with one attached hydrogen (secondary N) is 2. The molecule has 1 unspecified atom stereocenters. The van der Waals surface area contributed by atoms with Crippen molar-refractivity contribution in [2.24, 2.45) is 5.73 Å². The van der Waals surface area contributed by atoms with E-state index < -0.39 is 8.25 Å². The van der Waals surface area contributed by atoms with Crippen LogP contribution in [0, 0.1) is 0 Å². The van der Waals surface area contributed by atoms with Gasteiger partial charge in [-0.3, -0.25) is 0 Å². The summed E-state index contributed by atoms with van der Waals surface area (Å²) in [6.45, 7) is 3.47. The zero-order valence-corrected chi connectivity index (χ0v) is 11.0. The van der Waals surface area contributed by atoms with Crippen LogP contribution in [0.25, 0.3) is 0 Å². The van der Waals surface area contributed by atoms with Crippen LogP contribution in [0.5, 0.6) is 0 Å². The third-order valence-electron chi connectivity index (χ3n) is 0.877. The predicted octanol–water partition coefficient (Wildman–Crippen LogP) is -2.83. The molecule has 0 amide bonds. The molecule has 0 spiro atoms. The molecular formula is C5H16N3NaO3P+. The first-order valence-corrected chi connectivity index (χ1v) is 4.87. The van der Waals surface area contributed by atoms with Crippen LogP contribution in [-0.2, 0) is 13.8 Å². The average molecular weight is 220 g/mol. The van der Waals surface area contributed by atoms with Crippen molar-refractivity contribution in [3.05, 3.63) is 0 Å². The minimum Gasteiger partial charge on any atom is -1.00 e. The molecule has 0 aliphatic heterocycles. The second kappa shape index (κ2) is 12.9. The largest absolute Gasteiger partial charge is 1.00 e. The van der Waals surface area contributed by atoms with Crippen LogP contribution in [0.3, 0.4) is 0 Å². The van der Waals surface area contributed by atoms with Crippen molar-refractivity contribution in [2.45, 2.75) is 13.3 Å². The topological polar surface area (TPSA) is 85.6 Å². The molecule has 0 heterocycles. The Kier molecular flexibility index (Phi) is 16.2. The first-order valence-electron chi connectivity index (χ1n) is 3.78. The van der Waals surface area contributed by atoms with Crippen molar-refractivity contribution >= 4 is 8.25 Å². The van der Waals surface area contributed by atoms with Gasteiger partial charge in [-0.1, -0.05) is 6.92 Å². The molecule has 0 aliphatic carbocycles. The van der Waals surface area contributed by atoms with Gasteiger partial charge < -0.3 is 7.16 Å². The van der Waals surface area contributed by atoms with Crippen LogP contribution in [0.15, 0.2) is 0 Å². The van der Waals surface area contributed by atoms with Crippen molar-refractivity contribution in [2.75, 3.05) is 19.6 Å². The van der Waals surface area contributed by atoms with Gasteiger partial charge in [-0.05, 0) is 15.7 Å². The fourth-order valence-electron chi connectivity index (χ4n) is 0.376. The van der Waals surface area contributed by atoms with E-state index in [0.717, 1.165) is 6.42 Å². The normalized spacial score (nSPS) is 10.8. The molecule has 1 atom stereocenters. The summed E-state index contributed by atoms with van der Waals surface area (Å²) in [7, 11) is -2.13. The molecule has 74 valence electrons. The number of hydroxylamine groups is 2. The first-order chi connectivity index (χ1) is 5.81. The van der Waals surface area contributed by atoms with E-state index in [-0.39, 0.29) is 31.0 Å². The molecule has 13 heavy (non-hydrogen) atoms. The zero-order valence-electron chi connectivity index (χ0n) is 9.08. The summed E-state index contributed by atoms with van der Waals surface area (Å²) in [4.78, 5) is 0. The summed E-state index contributed by atoms with van der Waals surface area (Å²) in [5.41, 5.74) is 10.0. The number of hydrogen-bond acceptors (Lipinski definition) is 6. The van der Waals surface area contributed by atoms with Gasteiger partial charge in [0, 0.05) is 24.2 Å². The van der Waals surface area contributed by atoms with Gasteiger partial charge in [0.05, 0.1) is 0 Å². The predicted molar refractivity (Wildman–Crippen MR) is 46.2 cm³/mol. The van der Waals surface area contributed by atoms with Gasteiger partial charge in [0.15, 0.2) is 0 Å². The number of rotatable bonds is 8. The van der Waals surface area contributed by atoms with Crippen LogP contribution in [0.2, 0.25) is 0 Å². The van der Waals surface area contributed by atoms with E-state index in [4.69, 9.17) is 5.73 Å². The number of hydrogen-bond donors (Lipinski definition) is 3. The fourth-order valence-corrected chi connectivity index (χ4v) is 0.807. The Morgan fingerprint density at radius 2 is 1.92 bits per heavy atom. The monoisotopic (exact) mass is 220 g/mol. The van der Waals surface area contributed by atoms with E-state index in [1.807, 2.05) is 6.92 Å². The summed E-state index contributed by atoms with van der Waals surface area (Å²) in [6, 6.07) is 0. The summed E-state index contributed by atoms with van der Waals surface area (Å²) in [5.74, 6) is 0. The van der Waals surface area contributed by atoms with Crippen molar-refractivity contribution in [3.63, 3.8) is 0 Å². The molecule has 0 radical (unpaired) electrons. The van der Waals surface area contributed by atoms with Gasteiger partial charge >= 0.3 is 37.8 Å². The Balaban J connectivity index is -0.000000605. The van der Waals surface area contributed by atoms with Gasteiger partial charge in [-0.2, -0.15) is 0 Å². The molecule has 0 saturated heterocycles. The van der Waals surface area contributed by atoms with Crippen molar-refractivity contribution < 1.29 is 44.8 Å². The van der Waals surface area contributed by atoms with E-state index in [1.54, 1.807) is 0 Å². The van der Waals surface area contributed by atoms with Crippen molar-refractivity contribution in [1.82, 2.24) is 11.0 Å². The van der Waals surface area contributed by atoms with Crippen molar-refractivity contribution in [1.29, 1.82) is 0 Å². The number of nitrogens with two attached hydrogens (primary N) is 1. The van der Waals surface area contributed by atoms with Gasteiger partial charge in [0.2, 0.25) is 0 Å². The van der Waals surface area contributed by atoms with Crippen LogP contribution in [-0.4, -0.2) is 19.6 Å². The molecule has 0 bridgehead atoms. The minimum atomic E-state index is -2.13. The van der Waals surface area contributed by atoms with Gasteiger partial charge in [0.25, 0.3) is 0 Å². The van der Waals surface area contributed by atoms with Gasteiger partial charge in [-0.15, -0.1) is 11.0 Å². The maximum Gasteiger partial charge on any atom is 1.00 e. The molecule has 8 heteroatoms. The van der Waals surface area contributed by atoms with Crippen LogP contribution in [0.1, 0.15) is 14.8 Å². The third kappa shape index (κ3) is 12.9. The Bertz CT molecular complexity index is 123. The summed E-state index contributed by atoms with van der Waals surface area (Å²) in [6.07, 6.45) is 0.902. The maximum absolute atomic E-state index is 10.7. The molecule has 0 fully saturated rings. The summed E-state index contributed by atoms with van der Waals surface area (Å²) < 4.78 is 19.8. The Morgan fingerprint density at radius 3 is 2.38 bits per heavy atom. The molecule has 0 aromatic carbocycles. The summed E-state index contributed by atoms with van der Waals surface area (Å²) >= 11 is 0. The molecule has 0 saturated carbocycles. The van der Waals surface area contributed by atoms with Crippen LogP contribution < -0.4 is 46.3 Å². The smallest absolute Gasteiger partial charge is 1.00 e. The van der Waals surface area contributed by atoms with E-state index in [9.17, 15) is 4.57 Å². The SMILES string of the molecule is CCCNO[P+](=O)ONCCN.[H-].[Na+]. The fraction of sp³-hybridized carbons (Fsp3) is 1.00. The molecule has 0 aliphatic rings.